The van der Waals surface area contributed by atoms with Gasteiger partial charge in [0, 0.05) is 64.8 Å². The van der Waals surface area contributed by atoms with Gasteiger partial charge < -0.3 is 29.9 Å². The Kier molecular flexibility index (Phi) is 7.52. The second-order valence-corrected chi connectivity index (χ2v) is 9.40. The van der Waals surface area contributed by atoms with Gasteiger partial charge in [0.25, 0.3) is 5.91 Å². The van der Waals surface area contributed by atoms with Crippen LogP contribution in [0.1, 0.15) is 16.2 Å². The van der Waals surface area contributed by atoms with Gasteiger partial charge in [0.2, 0.25) is 5.95 Å². The van der Waals surface area contributed by atoms with Gasteiger partial charge in [-0.2, -0.15) is 0 Å². The molecule has 0 saturated carbocycles. The van der Waals surface area contributed by atoms with Crippen LogP contribution in [-0.2, 0) is 13.6 Å². The molecule has 0 spiro atoms. The summed E-state index contributed by atoms with van der Waals surface area (Å²) in [7, 11) is 5.43. The average molecular weight is 533 g/mol. The fourth-order valence-electron chi connectivity index (χ4n) is 4.58. The minimum absolute atomic E-state index is 0.144. The van der Waals surface area contributed by atoms with E-state index in [9.17, 15) is 9.90 Å². The monoisotopic (exact) mass is 532 g/mol. The van der Waals surface area contributed by atoms with Gasteiger partial charge in [0.15, 0.2) is 22.8 Å². The molecule has 1 aromatic carbocycles. The Morgan fingerprint density at radius 1 is 1.08 bits per heavy atom. The minimum atomic E-state index is -0.574. The fourth-order valence-corrected chi connectivity index (χ4v) is 4.58. The molecule has 204 valence electrons. The Bertz CT molecular complexity index is 1450. The van der Waals surface area contributed by atoms with Crippen LogP contribution >= 0.6 is 0 Å². The number of aryl methyl sites for hydroxylation is 1. The zero-order valence-electron chi connectivity index (χ0n) is 22.3. The molecule has 5 rings (SSSR count). The molecule has 1 amide bonds. The van der Waals surface area contributed by atoms with E-state index in [4.69, 9.17) is 25.4 Å². The Morgan fingerprint density at radius 2 is 1.77 bits per heavy atom. The number of anilines is 2. The molecule has 4 aromatic rings. The first kappa shape index (κ1) is 26.3. The number of aliphatic hydroxyl groups excluding tert-OH is 1. The molecule has 0 unspecified atom stereocenters. The van der Waals surface area contributed by atoms with E-state index in [2.05, 4.69) is 19.8 Å². The maximum Gasteiger partial charge on any atom is 0.251 e. The predicted octanol–water partition coefficient (Wildman–Crippen LogP) is 0.679. The van der Waals surface area contributed by atoms with E-state index in [0.29, 0.717) is 24.9 Å². The van der Waals surface area contributed by atoms with Crippen LogP contribution in [0.3, 0.4) is 0 Å². The standard InChI is InChI=1S/C26H32N10O3/c1-33(26-28-14-18(15-29-26)22(27)38)16-20-30-21-24(34(20)2)31-23(17-4-6-19(39-3)7-5-17)32-25(21)36-10-8-35(9-11-36)12-13-37/h4-7,14-15,37H,8-13,16H2,1-3H3,(H2,27,38). The number of piperazine rings is 1. The first-order valence-electron chi connectivity index (χ1n) is 12.7. The zero-order chi connectivity index (χ0) is 27.5. The lowest BCUT2D eigenvalue weighted by molar-refractivity contribution is 0.0999. The lowest BCUT2D eigenvalue weighted by Crippen LogP contribution is -2.47. The molecule has 1 aliphatic rings. The fraction of sp³-hybridized carbons (Fsp3) is 0.385. The smallest absolute Gasteiger partial charge is 0.251 e. The molecular formula is C26H32N10O3. The van der Waals surface area contributed by atoms with Gasteiger partial charge in [0.1, 0.15) is 11.6 Å². The molecule has 39 heavy (non-hydrogen) atoms. The van der Waals surface area contributed by atoms with Crippen LogP contribution < -0.4 is 20.3 Å². The van der Waals surface area contributed by atoms with Gasteiger partial charge in [-0.1, -0.05) is 0 Å². The molecule has 13 nitrogen and oxygen atoms in total. The van der Waals surface area contributed by atoms with E-state index in [-0.39, 0.29) is 12.2 Å². The molecular weight excluding hydrogens is 500 g/mol. The number of primary amides is 1. The van der Waals surface area contributed by atoms with Crippen LogP contribution in [0.2, 0.25) is 0 Å². The number of hydrogen-bond donors (Lipinski definition) is 2. The second kappa shape index (κ2) is 11.2. The highest BCUT2D eigenvalue weighted by Gasteiger charge is 2.25. The Morgan fingerprint density at radius 3 is 2.38 bits per heavy atom. The normalized spacial score (nSPS) is 14.1. The van der Waals surface area contributed by atoms with E-state index in [0.717, 1.165) is 60.3 Å². The van der Waals surface area contributed by atoms with Crippen molar-refractivity contribution in [2.24, 2.45) is 12.8 Å². The molecule has 0 aliphatic carbocycles. The summed E-state index contributed by atoms with van der Waals surface area (Å²) in [6, 6.07) is 7.68. The third-order valence-corrected chi connectivity index (χ3v) is 6.87. The number of imidazole rings is 1. The number of benzene rings is 1. The van der Waals surface area contributed by atoms with Gasteiger partial charge in [-0.3, -0.25) is 9.69 Å². The number of aliphatic hydroxyl groups is 1. The van der Waals surface area contributed by atoms with E-state index < -0.39 is 5.91 Å². The van der Waals surface area contributed by atoms with E-state index >= 15 is 0 Å². The highest BCUT2D eigenvalue weighted by molar-refractivity contribution is 5.92. The lowest BCUT2D eigenvalue weighted by Gasteiger charge is -2.35. The van der Waals surface area contributed by atoms with Crippen LogP contribution in [0.5, 0.6) is 5.75 Å². The summed E-state index contributed by atoms with van der Waals surface area (Å²) < 4.78 is 7.28. The second-order valence-electron chi connectivity index (χ2n) is 9.40. The van der Waals surface area contributed by atoms with Crippen molar-refractivity contribution in [1.82, 2.24) is 34.4 Å². The minimum Gasteiger partial charge on any atom is -0.497 e. The average Bonchev–Trinajstić information content (AvgIpc) is 3.28. The molecule has 0 radical (unpaired) electrons. The predicted molar refractivity (Wildman–Crippen MR) is 147 cm³/mol. The molecule has 1 saturated heterocycles. The summed E-state index contributed by atoms with van der Waals surface area (Å²) >= 11 is 0. The van der Waals surface area contributed by atoms with Crippen LogP contribution in [0.15, 0.2) is 36.7 Å². The highest BCUT2D eigenvalue weighted by atomic mass is 16.5. The molecule has 13 heteroatoms. The first-order chi connectivity index (χ1) is 18.9. The number of nitrogens with two attached hydrogens (primary N) is 1. The number of fused-ring (bicyclic) bond motifs is 1. The Hall–Kier alpha value is -4.36. The molecule has 3 N–H and O–H groups in total. The summed E-state index contributed by atoms with van der Waals surface area (Å²) in [6.45, 7) is 4.39. The lowest BCUT2D eigenvalue weighted by atomic mass is 10.2. The van der Waals surface area contributed by atoms with E-state index in [1.807, 2.05) is 47.8 Å². The van der Waals surface area contributed by atoms with Gasteiger partial charge in [-0.25, -0.2) is 24.9 Å². The van der Waals surface area contributed by atoms with Gasteiger partial charge in [-0.05, 0) is 24.3 Å². The van der Waals surface area contributed by atoms with E-state index in [1.54, 1.807) is 7.11 Å². The molecule has 0 bridgehead atoms. The topological polar surface area (TPSA) is 152 Å². The zero-order valence-corrected chi connectivity index (χ0v) is 22.3. The van der Waals surface area contributed by atoms with Crippen LogP contribution in [0, 0.1) is 0 Å². The Labute approximate surface area is 225 Å². The van der Waals surface area contributed by atoms with Crippen molar-refractivity contribution in [3.63, 3.8) is 0 Å². The van der Waals surface area contributed by atoms with Crippen molar-refractivity contribution in [3.8, 4) is 17.1 Å². The number of hydrogen-bond acceptors (Lipinski definition) is 11. The quantitative estimate of drug-likeness (QED) is 0.313. The molecule has 1 aliphatic heterocycles. The summed E-state index contributed by atoms with van der Waals surface area (Å²) in [5.41, 5.74) is 7.88. The van der Waals surface area contributed by atoms with Crippen LogP contribution in [0.25, 0.3) is 22.6 Å². The molecule has 4 heterocycles. The number of ether oxygens (including phenoxy) is 1. The van der Waals surface area contributed by atoms with Crippen LogP contribution in [-0.4, -0.2) is 98.9 Å². The third-order valence-electron chi connectivity index (χ3n) is 6.87. The number of carbonyl (C=O) groups is 1. The Balaban J connectivity index is 1.51. The summed E-state index contributed by atoms with van der Waals surface area (Å²) in [4.78, 5) is 41.1. The summed E-state index contributed by atoms with van der Waals surface area (Å²) in [6.07, 6.45) is 2.83. The number of methoxy groups -OCH3 is 1. The number of amides is 1. The number of rotatable bonds is 9. The van der Waals surface area contributed by atoms with Gasteiger partial charge >= 0.3 is 0 Å². The first-order valence-corrected chi connectivity index (χ1v) is 12.7. The summed E-state index contributed by atoms with van der Waals surface area (Å²) in [5, 5.41) is 9.34. The van der Waals surface area contributed by atoms with Crippen molar-refractivity contribution in [1.29, 1.82) is 0 Å². The SMILES string of the molecule is COc1ccc(-c2nc(N3CCN(CCO)CC3)c3nc(CN(C)c4ncc(C(N)=O)cn4)n(C)c3n2)cc1. The molecule has 3 aromatic heterocycles. The van der Waals surface area contributed by atoms with Gasteiger partial charge in [0.05, 0.1) is 25.8 Å². The van der Waals surface area contributed by atoms with Crippen molar-refractivity contribution in [2.45, 2.75) is 6.54 Å². The highest BCUT2D eigenvalue weighted by Crippen LogP contribution is 2.29. The maximum atomic E-state index is 11.4. The van der Waals surface area contributed by atoms with Crippen molar-refractivity contribution < 1.29 is 14.6 Å². The summed E-state index contributed by atoms with van der Waals surface area (Å²) in [5.74, 6) is 2.77. The molecule has 0 atom stereocenters. The van der Waals surface area contributed by atoms with Crippen LogP contribution in [0.4, 0.5) is 11.8 Å². The van der Waals surface area contributed by atoms with E-state index in [1.165, 1.54) is 12.4 Å². The van der Waals surface area contributed by atoms with Gasteiger partial charge in [-0.15, -0.1) is 0 Å². The number of β-amino-alcohol motifs (C(OH)–C–C–N with tert-alkyl or cyclic N) is 1. The number of aromatic nitrogens is 6. The third kappa shape index (κ3) is 5.45. The van der Waals surface area contributed by atoms with Crippen molar-refractivity contribution in [3.05, 3.63) is 48.0 Å². The van der Waals surface area contributed by atoms with Crippen molar-refractivity contribution >= 4 is 28.8 Å². The molecule has 1 fully saturated rings. The largest absolute Gasteiger partial charge is 0.497 e. The number of carbonyl (C=O) groups excluding carboxylic acids is 1. The van der Waals surface area contributed by atoms with Crippen molar-refractivity contribution in [2.75, 3.05) is 63.3 Å². The maximum absolute atomic E-state index is 11.4. The number of nitrogens with zero attached hydrogens (tertiary/aromatic N) is 9.